The summed E-state index contributed by atoms with van der Waals surface area (Å²) in [5.74, 6) is -0.557. The SMILES string of the molecule is COC(C)CNC(=O)c1cccc(N)c1O. The summed E-state index contributed by atoms with van der Waals surface area (Å²) in [6.45, 7) is 2.21. The lowest BCUT2D eigenvalue weighted by Crippen LogP contribution is -2.31. The van der Waals surface area contributed by atoms with Crippen LogP contribution in [0.15, 0.2) is 18.2 Å². The highest BCUT2D eigenvalue weighted by Gasteiger charge is 2.13. The molecule has 1 unspecified atom stereocenters. The quantitative estimate of drug-likeness (QED) is 0.520. The predicted octanol–water partition coefficient (Wildman–Crippen LogP) is 0.739. The Morgan fingerprint density at radius 1 is 1.62 bits per heavy atom. The molecule has 0 fully saturated rings. The van der Waals surface area contributed by atoms with Crippen molar-refractivity contribution in [2.24, 2.45) is 0 Å². The van der Waals surface area contributed by atoms with Crippen molar-refractivity contribution < 1.29 is 14.6 Å². The second-order valence-electron chi connectivity index (χ2n) is 3.50. The number of hydrogen-bond acceptors (Lipinski definition) is 4. The molecule has 0 aliphatic carbocycles. The highest BCUT2D eigenvalue weighted by atomic mass is 16.5. The Morgan fingerprint density at radius 2 is 2.31 bits per heavy atom. The van der Waals surface area contributed by atoms with Crippen LogP contribution in [0.25, 0.3) is 0 Å². The van der Waals surface area contributed by atoms with E-state index in [4.69, 9.17) is 10.5 Å². The minimum atomic E-state index is -0.367. The van der Waals surface area contributed by atoms with Gasteiger partial charge in [0.2, 0.25) is 0 Å². The number of anilines is 1. The van der Waals surface area contributed by atoms with Gasteiger partial charge in [0.1, 0.15) is 0 Å². The molecule has 0 saturated heterocycles. The normalized spacial score (nSPS) is 12.1. The molecule has 1 rings (SSSR count). The topological polar surface area (TPSA) is 84.6 Å². The third-order valence-corrected chi connectivity index (χ3v) is 2.26. The first-order valence-corrected chi connectivity index (χ1v) is 4.94. The number of carbonyl (C=O) groups excluding carboxylic acids is 1. The molecule has 1 atom stereocenters. The molecule has 5 heteroatoms. The zero-order valence-corrected chi connectivity index (χ0v) is 9.36. The zero-order valence-electron chi connectivity index (χ0n) is 9.36. The van der Waals surface area contributed by atoms with Crippen LogP contribution in [0.3, 0.4) is 0 Å². The summed E-state index contributed by atoms with van der Waals surface area (Å²) in [6.07, 6.45) is -0.0767. The van der Waals surface area contributed by atoms with Gasteiger partial charge in [-0.25, -0.2) is 0 Å². The van der Waals surface area contributed by atoms with E-state index in [1.165, 1.54) is 12.1 Å². The predicted molar refractivity (Wildman–Crippen MR) is 61.3 cm³/mol. The second-order valence-corrected chi connectivity index (χ2v) is 3.50. The highest BCUT2D eigenvalue weighted by molar-refractivity contribution is 5.98. The number of nitrogens with one attached hydrogen (secondary N) is 1. The van der Waals surface area contributed by atoms with Crippen molar-refractivity contribution in [1.29, 1.82) is 0 Å². The standard InChI is InChI=1S/C11H16N2O3/c1-7(16-2)6-13-11(15)8-4-3-5-9(12)10(8)14/h3-5,7,14H,6,12H2,1-2H3,(H,13,15). The summed E-state index contributed by atoms with van der Waals surface area (Å²) < 4.78 is 4.99. The molecular weight excluding hydrogens is 208 g/mol. The number of nitrogens with two attached hydrogens (primary N) is 1. The smallest absolute Gasteiger partial charge is 0.255 e. The summed E-state index contributed by atoms with van der Waals surface area (Å²) in [7, 11) is 1.56. The van der Waals surface area contributed by atoms with Gasteiger partial charge in [0.05, 0.1) is 17.4 Å². The maximum Gasteiger partial charge on any atom is 0.255 e. The van der Waals surface area contributed by atoms with E-state index in [2.05, 4.69) is 5.32 Å². The number of phenols is 1. The van der Waals surface area contributed by atoms with Gasteiger partial charge in [-0.2, -0.15) is 0 Å². The molecule has 0 aliphatic rings. The van der Waals surface area contributed by atoms with Crippen LogP contribution in [0.4, 0.5) is 5.69 Å². The van der Waals surface area contributed by atoms with Crippen molar-refractivity contribution in [3.63, 3.8) is 0 Å². The first-order chi connectivity index (χ1) is 7.56. The number of phenolic OH excluding ortho intramolecular Hbond substituents is 1. The molecule has 0 saturated carbocycles. The van der Waals surface area contributed by atoms with E-state index >= 15 is 0 Å². The molecule has 0 bridgehead atoms. The average molecular weight is 224 g/mol. The largest absolute Gasteiger partial charge is 0.505 e. The molecular formula is C11H16N2O3. The third kappa shape index (κ3) is 2.87. The fraction of sp³-hybridized carbons (Fsp3) is 0.364. The first kappa shape index (κ1) is 12.3. The molecule has 0 radical (unpaired) electrons. The van der Waals surface area contributed by atoms with Crippen molar-refractivity contribution in [2.45, 2.75) is 13.0 Å². The molecule has 88 valence electrons. The Kier molecular flexibility index (Phi) is 4.13. The molecule has 5 nitrogen and oxygen atoms in total. The van der Waals surface area contributed by atoms with Crippen molar-refractivity contribution in [3.8, 4) is 5.75 Å². The van der Waals surface area contributed by atoms with E-state index in [0.29, 0.717) is 6.54 Å². The minimum absolute atomic E-state index is 0.0767. The molecule has 0 aliphatic heterocycles. The van der Waals surface area contributed by atoms with Gasteiger partial charge in [0, 0.05) is 13.7 Å². The van der Waals surface area contributed by atoms with Gasteiger partial charge < -0.3 is 20.9 Å². The molecule has 0 heterocycles. The van der Waals surface area contributed by atoms with Crippen molar-refractivity contribution in [3.05, 3.63) is 23.8 Å². The van der Waals surface area contributed by atoms with E-state index in [0.717, 1.165) is 0 Å². The zero-order chi connectivity index (χ0) is 12.1. The molecule has 1 aromatic carbocycles. The Morgan fingerprint density at radius 3 is 2.94 bits per heavy atom. The van der Waals surface area contributed by atoms with Gasteiger partial charge in [-0.05, 0) is 19.1 Å². The summed E-state index contributed by atoms with van der Waals surface area (Å²) >= 11 is 0. The lowest BCUT2D eigenvalue weighted by molar-refractivity contribution is 0.0868. The number of para-hydroxylation sites is 1. The molecule has 0 aromatic heterocycles. The number of aromatic hydroxyl groups is 1. The molecule has 4 N–H and O–H groups in total. The van der Waals surface area contributed by atoms with E-state index in [9.17, 15) is 9.90 Å². The van der Waals surface area contributed by atoms with Gasteiger partial charge in [-0.3, -0.25) is 4.79 Å². The second kappa shape index (κ2) is 5.37. The fourth-order valence-electron chi connectivity index (χ4n) is 1.16. The maximum absolute atomic E-state index is 11.7. The lowest BCUT2D eigenvalue weighted by atomic mass is 10.1. The van der Waals surface area contributed by atoms with Crippen LogP contribution >= 0.6 is 0 Å². The molecule has 1 amide bonds. The van der Waals surface area contributed by atoms with Crippen LogP contribution in [0.1, 0.15) is 17.3 Å². The van der Waals surface area contributed by atoms with E-state index < -0.39 is 0 Å². The Hall–Kier alpha value is -1.75. The molecule has 16 heavy (non-hydrogen) atoms. The summed E-state index contributed by atoms with van der Waals surface area (Å²) in [5, 5.41) is 12.2. The van der Waals surface area contributed by atoms with E-state index in [-0.39, 0.29) is 29.0 Å². The number of benzene rings is 1. The first-order valence-electron chi connectivity index (χ1n) is 4.94. The Balaban J connectivity index is 2.70. The maximum atomic E-state index is 11.7. The van der Waals surface area contributed by atoms with Crippen LogP contribution in [0, 0.1) is 0 Å². The number of nitrogen functional groups attached to an aromatic ring is 1. The Bertz CT molecular complexity index is 379. The highest BCUT2D eigenvalue weighted by Crippen LogP contribution is 2.23. The number of amides is 1. The van der Waals surface area contributed by atoms with Gasteiger partial charge in [0.25, 0.3) is 5.91 Å². The van der Waals surface area contributed by atoms with E-state index in [1.807, 2.05) is 6.92 Å². The van der Waals surface area contributed by atoms with Gasteiger partial charge in [-0.15, -0.1) is 0 Å². The van der Waals surface area contributed by atoms with Crippen molar-refractivity contribution in [1.82, 2.24) is 5.32 Å². The van der Waals surface area contributed by atoms with Crippen molar-refractivity contribution in [2.75, 3.05) is 19.4 Å². The number of methoxy groups -OCH3 is 1. The summed E-state index contributed by atoms with van der Waals surface area (Å²) in [4.78, 5) is 11.7. The molecule has 1 aromatic rings. The lowest BCUT2D eigenvalue weighted by Gasteiger charge is -2.11. The van der Waals surface area contributed by atoms with Crippen LogP contribution in [-0.2, 0) is 4.74 Å². The van der Waals surface area contributed by atoms with Gasteiger partial charge in [0.15, 0.2) is 5.75 Å². The average Bonchev–Trinajstić information content (AvgIpc) is 2.29. The fourth-order valence-corrected chi connectivity index (χ4v) is 1.16. The van der Waals surface area contributed by atoms with Crippen LogP contribution < -0.4 is 11.1 Å². The van der Waals surface area contributed by atoms with Crippen LogP contribution in [-0.4, -0.2) is 30.8 Å². The number of rotatable bonds is 4. The minimum Gasteiger partial charge on any atom is -0.505 e. The number of ether oxygens (including phenoxy) is 1. The van der Waals surface area contributed by atoms with Crippen molar-refractivity contribution >= 4 is 11.6 Å². The van der Waals surface area contributed by atoms with Gasteiger partial charge >= 0.3 is 0 Å². The van der Waals surface area contributed by atoms with Crippen LogP contribution in [0.5, 0.6) is 5.75 Å². The number of hydrogen-bond donors (Lipinski definition) is 3. The van der Waals surface area contributed by atoms with Crippen LogP contribution in [0.2, 0.25) is 0 Å². The summed E-state index contributed by atoms with van der Waals surface area (Å²) in [5.41, 5.74) is 5.84. The van der Waals surface area contributed by atoms with E-state index in [1.54, 1.807) is 13.2 Å². The number of carbonyl (C=O) groups is 1. The monoisotopic (exact) mass is 224 g/mol. The third-order valence-electron chi connectivity index (χ3n) is 2.26. The van der Waals surface area contributed by atoms with Gasteiger partial charge in [-0.1, -0.05) is 6.07 Å². The summed E-state index contributed by atoms with van der Waals surface area (Å²) in [6, 6.07) is 4.66. The Labute approximate surface area is 94.2 Å². The molecule has 0 spiro atoms.